The zero-order chi connectivity index (χ0) is 15.2. The minimum Gasteiger partial charge on any atom is -0.496 e. The van der Waals surface area contributed by atoms with Gasteiger partial charge in [0.1, 0.15) is 5.75 Å². The molecule has 0 amide bonds. The molecule has 0 bridgehead atoms. The molecule has 1 unspecified atom stereocenters. The fraction of sp³-hybridized carbons (Fsp3) is 0.353. The topological polar surface area (TPSA) is 50.0 Å². The molecular weight excluding hydrogens is 262 g/mol. The van der Waals surface area contributed by atoms with Crippen LogP contribution >= 0.6 is 0 Å². The van der Waals surface area contributed by atoms with Gasteiger partial charge in [0.2, 0.25) is 0 Å². The molecule has 1 heterocycles. The normalized spacial score (nSPS) is 11.9. The number of benzene rings is 1. The summed E-state index contributed by atoms with van der Waals surface area (Å²) in [6.45, 7) is 5.87. The van der Waals surface area contributed by atoms with Crippen molar-refractivity contribution in [1.82, 2.24) is 9.88 Å². The van der Waals surface area contributed by atoms with Gasteiger partial charge >= 0.3 is 0 Å². The Bertz CT molecular complexity index is 640. The van der Waals surface area contributed by atoms with Crippen molar-refractivity contribution < 1.29 is 4.74 Å². The van der Waals surface area contributed by atoms with Crippen molar-refractivity contribution in [2.24, 2.45) is 0 Å². The van der Waals surface area contributed by atoms with Crippen LogP contribution in [-0.4, -0.2) is 18.2 Å². The maximum Gasteiger partial charge on any atom is 0.123 e. The highest BCUT2D eigenvalue weighted by Gasteiger charge is 2.11. The zero-order valence-electron chi connectivity index (χ0n) is 12.8. The van der Waals surface area contributed by atoms with E-state index in [1.54, 1.807) is 13.2 Å². The molecule has 0 spiro atoms. The summed E-state index contributed by atoms with van der Waals surface area (Å²) in [7, 11) is 1.66. The molecule has 4 nitrogen and oxygen atoms in total. The van der Waals surface area contributed by atoms with Crippen LogP contribution in [0.5, 0.6) is 5.75 Å². The van der Waals surface area contributed by atoms with Crippen LogP contribution in [0, 0.1) is 11.3 Å². The Hall–Kier alpha value is -2.25. The van der Waals surface area contributed by atoms with Crippen molar-refractivity contribution in [3.05, 3.63) is 53.3 Å². The first-order chi connectivity index (χ1) is 10.2. The lowest BCUT2D eigenvalue weighted by molar-refractivity contribution is 0.407. The summed E-state index contributed by atoms with van der Waals surface area (Å²) in [5, 5.41) is 12.5. The van der Waals surface area contributed by atoms with E-state index >= 15 is 0 Å². The van der Waals surface area contributed by atoms with Gasteiger partial charge in [-0.1, -0.05) is 6.92 Å². The summed E-state index contributed by atoms with van der Waals surface area (Å²) in [5.74, 6) is 0.810. The lowest BCUT2D eigenvalue weighted by Gasteiger charge is -2.17. The number of ether oxygens (including phenoxy) is 1. The molecule has 0 saturated heterocycles. The molecule has 0 saturated carbocycles. The van der Waals surface area contributed by atoms with Gasteiger partial charge in [-0.2, -0.15) is 5.26 Å². The van der Waals surface area contributed by atoms with Crippen molar-refractivity contribution in [1.29, 1.82) is 5.26 Å². The average molecular weight is 283 g/mol. The molecule has 0 aliphatic heterocycles. The molecule has 2 rings (SSSR count). The van der Waals surface area contributed by atoms with Crippen LogP contribution in [0.4, 0.5) is 0 Å². The number of nitrogens with one attached hydrogen (secondary N) is 1. The third-order valence-corrected chi connectivity index (χ3v) is 3.57. The summed E-state index contributed by atoms with van der Waals surface area (Å²) in [6.07, 6.45) is 2.06. The number of rotatable bonds is 6. The van der Waals surface area contributed by atoms with E-state index in [1.807, 2.05) is 18.2 Å². The lowest BCUT2D eigenvalue weighted by atomic mass is 10.1. The third-order valence-electron chi connectivity index (χ3n) is 3.57. The van der Waals surface area contributed by atoms with E-state index in [-0.39, 0.29) is 6.04 Å². The molecule has 0 radical (unpaired) electrons. The molecular formula is C17H21N3O. The molecule has 1 N–H and O–H groups in total. The van der Waals surface area contributed by atoms with Crippen molar-refractivity contribution in [3.8, 4) is 11.8 Å². The van der Waals surface area contributed by atoms with Crippen LogP contribution < -0.4 is 10.1 Å². The molecule has 0 fully saturated rings. The highest BCUT2D eigenvalue weighted by Crippen LogP contribution is 2.23. The summed E-state index contributed by atoms with van der Waals surface area (Å²) in [6, 6.07) is 12.1. The quantitative estimate of drug-likeness (QED) is 0.886. The zero-order valence-corrected chi connectivity index (χ0v) is 12.8. The minimum atomic E-state index is 0.287. The maximum absolute atomic E-state index is 9.06. The van der Waals surface area contributed by atoms with E-state index in [1.165, 1.54) is 5.69 Å². The number of hydrogen-bond donors (Lipinski definition) is 1. The van der Waals surface area contributed by atoms with Crippen LogP contribution in [-0.2, 0) is 6.54 Å². The van der Waals surface area contributed by atoms with Crippen LogP contribution in [0.2, 0.25) is 0 Å². The van der Waals surface area contributed by atoms with Crippen LogP contribution in [0.3, 0.4) is 0 Å². The van der Waals surface area contributed by atoms with E-state index in [0.717, 1.165) is 17.9 Å². The fourth-order valence-electron chi connectivity index (χ4n) is 2.53. The molecule has 1 aromatic carbocycles. The Kier molecular flexibility index (Phi) is 5.02. The summed E-state index contributed by atoms with van der Waals surface area (Å²) >= 11 is 0. The van der Waals surface area contributed by atoms with Gasteiger partial charge in [0.25, 0.3) is 0 Å². The summed E-state index contributed by atoms with van der Waals surface area (Å²) in [5.41, 5.74) is 2.89. The van der Waals surface area contributed by atoms with E-state index in [4.69, 9.17) is 10.00 Å². The van der Waals surface area contributed by atoms with Crippen LogP contribution in [0.25, 0.3) is 0 Å². The van der Waals surface area contributed by atoms with E-state index in [0.29, 0.717) is 12.1 Å². The second kappa shape index (κ2) is 6.96. The highest BCUT2D eigenvalue weighted by molar-refractivity contribution is 5.42. The number of hydrogen-bond acceptors (Lipinski definition) is 3. The average Bonchev–Trinajstić information content (AvgIpc) is 2.95. The largest absolute Gasteiger partial charge is 0.496 e. The SMILES string of the molecule is CCNC(C)c1cccn1Cc1cc(C#N)ccc1OC. The van der Waals surface area contributed by atoms with E-state index < -0.39 is 0 Å². The number of nitrogens with zero attached hydrogens (tertiary/aromatic N) is 2. The van der Waals surface area contributed by atoms with Gasteiger partial charge in [-0.05, 0) is 43.8 Å². The lowest BCUT2D eigenvalue weighted by Crippen LogP contribution is -2.20. The summed E-state index contributed by atoms with van der Waals surface area (Å²) < 4.78 is 7.59. The Labute approximate surface area is 126 Å². The van der Waals surface area contributed by atoms with E-state index in [2.05, 4.69) is 42.1 Å². The minimum absolute atomic E-state index is 0.287. The van der Waals surface area contributed by atoms with Crippen molar-refractivity contribution in [3.63, 3.8) is 0 Å². The monoisotopic (exact) mass is 283 g/mol. The van der Waals surface area contributed by atoms with Gasteiger partial charge in [0.05, 0.1) is 25.3 Å². The smallest absolute Gasteiger partial charge is 0.123 e. The maximum atomic E-state index is 9.06. The fourth-order valence-corrected chi connectivity index (χ4v) is 2.53. The van der Waals surface area contributed by atoms with Gasteiger partial charge in [0, 0.05) is 23.5 Å². The molecule has 1 aromatic heterocycles. The molecule has 2 aromatic rings. The molecule has 110 valence electrons. The Morgan fingerprint density at radius 1 is 1.38 bits per heavy atom. The molecule has 1 atom stereocenters. The molecule has 0 aliphatic carbocycles. The van der Waals surface area contributed by atoms with Crippen molar-refractivity contribution >= 4 is 0 Å². The van der Waals surface area contributed by atoms with Crippen molar-refractivity contribution in [2.45, 2.75) is 26.4 Å². The first kappa shape index (κ1) is 15.1. The Balaban J connectivity index is 2.30. The first-order valence-corrected chi connectivity index (χ1v) is 7.15. The number of methoxy groups -OCH3 is 1. The molecule has 21 heavy (non-hydrogen) atoms. The Morgan fingerprint density at radius 2 is 2.19 bits per heavy atom. The predicted molar refractivity (Wildman–Crippen MR) is 83.3 cm³/mol. The standard InChI is InChI=1S/C17H21N3O/c1-4-19-13(2)16-6-5-9-20(16)12-15-10-14(11-18)7-8-17(15)21-3/h5-10,13,19H,4,12H2,1-3H3. The van der Waals surface area contributed by atoms with Crippen molar-refractivity contribution in [2.75, 3.05) is 13.7 Å². The van der Waals surface area contributed by atoms with Gasteiger partial charge in [0.15, 0.2) is 0 Å². The number of aromatic nitrogens is 1. The second-order valence-corrected chi connectivity index (χ2v) is 4.98. The van der Waals surface area contributed by atoms with Gasteiger partial charge in [-0.15, -0.1) is 0 Å². The first-order valence-electron chi connectivity index (χ1n) is 7.15. The van der Waals surface area contributed by atoms with Gasteiger partial charge < -0.3 is 14.6 Å². The molecule has 4 heteroatoms. The predicted octanol–water partition coefficient (Wildman–Crippen LogP) is 3.09. The highest BCUT2D eigenvalue weighted by atomic mass is 16.5. The van der Waals surface area contributed by atoms with Crippen LogP contribution in [0.1, 0.15) is 36.7 Å². The second-order valence-electron chi connectivity index (χ2n) is 4.98. The van der Waals surface area contributed by atoms with Gasteiger partial charge in [-0.3, -0.25) is 0 Å². The molecule has 0 aliphatic rings. The van der Waals surface area contributed by atoms with Gasteiger partial charge in [-0.25, -0.2) is 0 Å². The van der Waals surface area contributed by atoms with Crippen LogP contribution in [0.15, 0.2) is 36.5 Å². The Morgan fingerprint density at radius 3 is 2.86 bits per heavy atom. The third kappa shape index (κ3) is 3.45. The summed E-state index contributed by atoms with van der Waals surface area (Å²) in [4.78, 5) is 0. The van der Waals surface area contributed by atoms with E-state index in [9.17, 15) is 0 Å². The number of nitriles is 1.